The standard InChI is InChI=1S/C13H11NO3/c1-17-9-5-4-8-14-12(15)10-6-2-3-7-11(10)13(14)16/h2-3,6-7H,8-9H2,1H3. The molecule has 4 heteroatoms. The first-order valence-corrected chi connectivity index (χ1v) is 5.15. The van der Waals surface area contributed by atoms with Crippen LogP contribution in [0.2, 0.25) is 0 Å². The molecule has 4 nitrogen and oxygen atoms in total. The molecule has 0 spiro atoms. The maximum absolute atomic E-state index is 11.9. The first-order valence-electron chi connectivity index (χ1n) is 5.15. The number of imide groups is 1. The second kappa shape index (κ2) is 4.81. The number of hydrogen-bond donors (Lipinski definition) is 0. The molecule has 0 N–H and O–H groups in total. The summed E-state index contributed by atoms with van der Waals surface area (Å²) >= 11 is 0. The number of ether oxygens (including phenoxy) is 1. The van der Waals surface area contributed by atoms with Crippen LogP contribution in [0.4, 0.5) is 0 Å². The molecule has 1 aromatic carbocycles. The van der Waals surface area contributed by atoms with Gasteiger partial charge in [0, 0.05) is 7.11 Å². The summed E-state index contributed by atoms with van der Waals surface area (Å²) < 4.78 is 4.76. The summed E-state index contributed by atoms with van der Waals surface area (Å²) in [6.45, 7) is 0.402. The molecular weight excluding hydrogens is 218 g/mol. The van der Waals surface area contributed by atoms with Gasteiger partial charge in [0.2, 0.25) is 0 Å². The van der Waals surface area contributed by atoms with E-state index in [1.807, 2.05) is 0 Å². The number of nitrogens with zero attached hydrogens (tertiary/aromatic N) is 1. The van der Waals surface area contributed by atoms with E-state index in [0.717, 1.165) is 4.90 Å². The van der Waals surface area contributed by atoms with Crippen molar-refractivity contribution in [2.24, 2.45) is 0 Å². The highest BCUT2D eigenvalue weighted by Crippen LogP contribution is 2.21. The summed E-state index contributed by atoms with van der Waals surface area (Å²) in [6, 6.07) is 6.78. The number of carbonyl (C=O) groups excluding carboxylic acids is 2. The summed E-state index contributed by atoms with van der Waals surface area (Å²) in [5.74, 6) is 4.88. The molecule has 1 heterocycles. The third-order valence-corrected chi connectivity index (χ3v) is 2.46. The Morgan fingerprint density at radius 1 is 1.12 bits per heavy atom. The molecule has 2 amide bonds. The molecule has 86 valence electrons. The Bertz CT molecular complexity index is 490. The quantitative estimate of drug-likeness (QED) is 0.560. The van der Waals surface area contributed by atoms with Crippen LogP contribution in [0.25, 0.3) is 0 Å². The van der Waals surface area contributed by atoms with Gasteiger partial charge < -0.3 is 4.74 Å². The summed E-state index contributed by atoms with van der Waals surface area (Å²) in [4.78, 5) is 24.9. The van der Waals surface area contributed by atoms with Crippen molar-refractivity contribution in [3.63, 3.8) is 0 Å². The second-order valence-corrected chi connectivity index (χ2v) is 3.53. The van der Waals surface area contributed by atoms with Crippen molar-refractivity contribution in [2.75, 3.05) is 20.3 Å². The molecule has 0 bridgehead atoms. The molecule has 0 atom stereocenters. The van der Waals surface area contributed by atoms with Crippen LogP contribution in [0.15, 0.2) is 24.3 Å². The Balaban J connectivity index is 2.17. The number of carbonyl (C=O) groups is 2. The van der Waals surface area contributed by atoms with Gasteiger partial charge in [0.15, 0.2) is 0 Å². The number of amides is 2. The fourth-order valence-corrected chi connectivity index (χ4v) is 1.64. The maximum Gasteiger partial charge on any atom is 0.262 e. The lowest BCUT2D eigenvalue weighted by molar-refractivity contribution is 0.0675. The fourth-order valence-electron chi connectivity index (χ4n) is 1.64. The predicted molar refractivity (Wildman–Crippen MR) is 61.5 cm³/mol. The minimum atomic E-state index is -0.280. The highest BCUT2D eigenvalue weighted by molar-refractivity contribution is 6.21. The molecule has 0 saturated heterocycles. The van der Waals surface area contributed by atoms with Crippen LogP contribution in [0, 0.1) is 11.8 Å². The largest absolute Gasteiger partial charge is 0.372 e. The summed E-state index contributed by atoms with van der Waals surface area (Å²) in [5.41, 5.74) is 0.900. The molecule has 0 unspecified atom stereocenters. The second-order valence-electron chi connectivity index (χ2n) is 3.53. The molecule has 0 aromatic heterocycles. The van der Waals surface area contributed by atoms with Crippen LogP contribution in [0.1, 0.15) is 20.7 Å². The first-order chi connectivity index (χ1) is 8.25. The highest BCUT2D eigenvalue weighted by atomic mass is 16.5. The minimum absolute atomic E-state index is 0.107. The van der Waals surface area contributed by atoms with Crippen LogP contribution in [0.5, 0.6) is 0 Å². The molecule has 0 saturated carbocycles. The van der Waals surface area contributed by atoms with E-state index in [-0.39, 0.29) is 18.4 Å². The zero-order valence-electron chi connectivity index (χ0n) is 9.40. The summed E-state index contributed by atoms with van der Waals surface area (Å²) in [7, 11) is 1.54. The average Bonchev–Trinajstić information content (AvgIpc) is 2.60. The number of methoxy groups -OCH3 is 1. The molecule has 1 aliphatic rings. The average molecular weight is 229 g/mol. The van der Waals surface area contributed by atoms with E-state index in [2.05, 4.69) is 11.8 Å². The lowest BCUT2D eigenvalue weighted by Crippen LogP contribution is -2.30. The van der Waals surface area contributed by atoms with Crippen LogP contribution in [-0.4, -0.2) is 37.0 Å². The van der Waals surface area contributed by atoms with Crippen molar-refractivity contribution in [1.29, 1.82) is 0 Å². The molecule has 1 aliphatic heterocycles. The van der Waals surface area contributed by atoms with Gasteiger partial charge >= 0.3 is 0 Å². The lowest BCUT2D eigenvalue weighted by atomic mass is 10.1. The van der Waals surface area contributed by atoms with E-state index in [4.69, 9.17) is 4.74 Å². The van der Waals surface area contributed by atoms with Crippen LogP contribution in [0.3, 0.4) is 0 Å². The van der Waals surface area contributed by atoms with Gasteiger partial charge in [0.25, 0.3) is 11.8 Å². The lowest BCUT2D eigenvalue weighted by Gasteiger charge is -2.08. The zero-order chi connectivity index (χ0) is 12.3. The fraction of sp³-hybridized carbons (Fsp3) is 0.231. The number of hydrogen-bond acceptors (Lipinski definition) is 3. The van der Waals surface area contributed by atoms with Crippen molar-refractivity contribution < 1.29 is 14.3 Å². The molecular formula is C13H11NO3. The summed E-state index contributed by atoms with van der Waals surface area (Å²) in [6.07, 6.45) is 0. The van der Waals surface area contributed by atoms with Gasteiger partial charge in [-0.1, -0.05) is 24.0 Å². The van der Waals surface area contributed by atoms with Gasteiger partial charge in [-0.2, -0.15) is 0 Å². The maximum atomic E-state index is 11.9. The smallest absolute Gasteiger partial charge is 0.262 e. The Labute approximate surface area is 99.2 Å². The van der Waals surface area contributed by atoms with E-state index in [1.165, 1.54) is 7.11 Å². The minimum Gasteiger partial charge on any atom is -0.372 e. The molecule has 0 fully saturated rings. The van der Waals surface area contributed by atoms with E-state index in [9.17, 15) is 9.59 Å². The summed E-state index contributed by atoms with van der Waals surface area (Å²) in [5, 5.41) is 0. The SMILES string of the molecule is COCC#CCN1C(=O)c2ccccc2C1=O. The van der Waals surface area contributed by atoms with Crippen LogP contribution < -0.4 is 0 Å². The van der Waals surface area contributed by atoms with E-state index < -0.39 is 0 Å². The Hall–Kier alpha value is -2.12. The first kappa shape index (κ1) is 11.4. The van der Waals surface area contributed by atoms with Crippen molar-refractivity contribution in [3.05, 3.63) is 35.4 Å². The van der Waals surface area contributed by atoms with Crippen molar-refractivity contribution in [1.82, 2.24) is 4.90 Å². The van der Waals surface area contributed by atoms with Crippen molar-refractivity contribution >= 4 is 11.8 Å². The molecule has 2 rings (SSSR count). The number of benzene rings is 1. The zero-order valence-corrected chi connectivity index (χ0v) is 9.40. The van der Waals surface area contributed by atoms with E-state index in [1.54, 1.807) is 24.3 Å². The molecule has 1 aromatic rings. The van der Waals surface area contributed by atoms with Gasteiger partial charge in [-0.05, 0) is 12.1 Å². The predicted octanol–water partition coefficient (Wildman–Crippen LogP) is 0.932. The van der Waals surface area contributed by atoms with Crippen LogP contribution in [-0.2, 0) is 4.74 Å². The monoisotopic (exact) mass is 229 g/mol. The Morgan fingerprint density at radius 2 is 1.71 bits per heavy atom. The van der Waals surface area contributed by atoms with Crippen molar-refractivity contribution in [2.45, 2.75) is 0 Å². The third-order valence-electron chi connectivity index (χ3n) is 2.46. The van der Waals surface area contributed by atoms with Gasteiger partial charge in [-0.3, -0.25) is 14.5 Å². The normalized spacial score (nSPS) is 13.4. The topological polar surface area (TPSA) is 46.6 Å². The number of fused-ring (bicyclic) bond motifs is 1. The van der Waals surface area contributed by atoms with Gasteiger partial charge in [-0.25, -0.2) is 0 Å². The Kier molecular flexibility index (Phi) is 3.22. The van der Waals surface area contributed by atoms with Crippen molar-refractivity contribution in [3.8, 4) is 11.8 Å². The van der Waals surface area contributed by atoms with Gasteiger partial charge in [0.05, 0.1) is 17.7 Å². The van der Waals surface area contributed by atoms with E-state index >= 15 is 0 Å². The molecule has 0 radical (unpaired) electrons. The van der Waals surface area contributed by atoms with E-state index in [0.29, 0.717) is 17.7 Å². The van der Waals surface area contributed by atoms with Gasteiger partial charge in [0.1, 0.15) is 6.61 Å². The third kappa shape index (κ3) is 2.05. The molecule has 17 heavy (non-hydrogen) atoms. The van der Waals surface area contributed by atoms with Crippen LogP contribution >= 0.6 is 0 Å². The highest BCUT2D eigenvalue weighted by Gasteiger charge is 2.34. The number of rotatable bonds is 2. The van der Waals surface area contributed by atoms with Gasteiger partial charge in [-0.15, -0.1) is 0 Å². The Morgan fingerprint density at radius 3 is 2.24 bits per heavy atom. The molecule has 0 aliphatic carbocycles.